The molecule has 0 heterocycles. The summed E-state index contributed by atoms with van der Waals surface area (Å²) in [6.07, 6.45) is 4.11. The van der Waals surface area contributed by atoms with E-state index in [1.807, 2.05) is 36.4 Å². The van der Waals surface area contributed by atoms with Gasteiger partial charge in [0.25, 0.3) is 5.24 Å². The van der Waals surface area contributed by atoms with Crippen molar-refractivity contribution in [1.29, 1.82) is 0 Å². The van der Waals surface area contributed by atoms with Gasteiger partial charge in [0.2, 0.25) is 5.91 Å². The summed E-state index contributed by atoms with van der Waals surface area (Å²) in [5, 5.41) is 6.81. The van der Waals surface area contributed by atoms with E-state index in [2.05, 4.69) is 10.6 Å². The SMILES string of the molecule is CNC(=O)S/C(C=O)=C\c1ccc(OCCCC(=O)NCCCN)c2ccccc12. The number of nitrogens with two attached hydrogens (primary N) is 1. The third-order valence-electron chi connectivity index (χ3n) is 4.26. The van der Waals surface area contributed by atoms with Crippen LogP contribution in [0.1, 0.15) is 24.8 Å². The van der Waals surface area contributed by atoms with Gasteiger partial charge in [0.1, 0.15) is 5.75 Å². The summed E-state index contributed by atoms with van der Waals surface area (Å²) < 4.78 is 5.90. The molecule has 160 valence electrons. The molecule has 7 nitrogen and oxygen atoms in total. The Morgan fingerprint density at radius 2 is 1.90 bits per heavy atom. The molecule has 0 aliphatic carbocycles. The molecule has 2 aromatic rings. The number of nitrogens with one attached hydrogen (secondary N) is 2. The summed E-state index contributed by atoms with van der Waals surface area (Å²) in [5.41, 5.74) is 6.22. The van der Waals surface area contributed by atoms with Crippen LogP contribution in [0.15, 0.2) is 41.3 Å². The molecule has 0 spiro atoms. The maximum absolute atomic E-state index is 11.7. The van der Waals surface area contributed by atoms with Crippen molar-refractivity contribution in [3.05, 3.63) is 46.9 Å². The van der Waals surface area contributed by atoms with E-state index in [4.69, 9.17) is 10.5 Å². The molecule has 2 rings (SSSR count). The van der Waals surface area contributed by atoms with E-state index in [1.165, 1.54) is 7.05 Å². The average molecular weight is 430 g/mol. The van der Waals surface area contributed by atoms with E-state index in [0.717, 1.165) is 34.5 Å². The summed E-state index contributed by atoms with van der Waals surface area (Å²) >= 11 is 0.846. The minimum atomic E-state index is -0.301. The highest BCUT2D eigenvalue weighted by Crippen LogP contribution is 2.31. The number of benzene rings is 2. The van der Waals surface area contributed by atoms with E-state index in [-0.39, 0.29) is 11.1 Å². The average Bonchev–Trinajstić information content (AvgIpc) is 2.77. The van der Waals surface area contributed by atoms with Gasteiger partial charge in [-0.1, -0.05) is 30.3 Å². The lowest BCUT2D eigenvalue weighted by molar-refractivity contribution is -0.121. The van der Waals surface area contributed by atoms with Gasteiger partial charge in [-0.15, -0.1) is 0 Å². The minimum Gasteiger partial charge on any atom is -0.493 e. The fourth-order valence-electron chi connectivity index (χ4n) is 2.78. The third-order valence-corrected chi connectivity index (χ3v) is 5.09. The number of carbonyl (C=O) groups excluding carboxylic acids is 3. The number of amides is 2. The normalized spacial score (nSPS) is 11.2. The van der Waals surface area contributed by atoms with Crippen LogP contribution in [0, 0.1) is 0 Å². The molecule has 0 atom stereocenters. The Bertz CT molecular complexity index is 914. The summed E-state index contributed by atoms with van der Waals surface area (Å²) in [5.74, 6) is 0.699. The first-order valence-corrected chi connectivity index (χ1v) is 10.6. The standard InChI is InChI=1S/C22H27N3O4S/c1-24-22(28)30-17(15-26)14-16-9-10-20(19-7-3-2-6-18(16)19)29-13-4-8-21(27)25-12-5-11-23/h2-3,6-7,9-10,14-15H,4-5,8,11-13,23H2,1H3,(H,24,28)(H,25,27)/b17-14-. The Morgan fingerprint density at radius 1 is 1.13 bits per heavy atom. The first kappa shape index (κ1) is 23.4. The van der Waals surface area contributed by atoms with Crippen LogP contribution in [0.4, 0.5) is 4.79 Å². The Labute approximate surface area is 180 Å². The number of aldehydes is 1. The summed E-state index contributed by atoms with van der Waals surface area (Å²) in [4.78, 5) is 35.0. The molecule has 8 heteroatoms. The number of ether oxygens (including phenoxy) is 1. The maximum atomic E-state index is 11.7. The number of carbonyl (C=O) groups is 3. The van der Waals surface area contributed by atoms with Crippen LogP contribution in [0.3, 0.4) is 0 Å². The van der Waals surface area contributed by atoms with Crippen molar-refractivity contribution in [1.82, 2.24) is 10.6 Å². The van der Waals surface area contributed by atoms with Crippen LogP contribution in [0.5, 0.6) is 5.75 Å². The van der Waals surface area contributed by atoms with Gasteiger partial charge < -0.3 is 21.1 Å². The Morgan fingerprint density at radius 3 is 2.60 bits per heavy atom. The zero-order valence-electron chi connectivity index (χ0n) is 17.0. The van der Waals surface area contributed by atoms with Crippen LogP contribution in [-0.2, 0) is 9.59 Å². The lowest BCUT2D eigenvalue weighted by Crippen LogP contribution is -2.26. The van der Waals surface area contributed by atoms with E-state index >= 15 is 0 Å². The van der Waals surface area contributed by atoms with Crippen molar-refractivity contribution >= 4 is 46.0 Å². The zero-order valence-corrected chi connectivity index (χ0v) is 17.8. The molecule has 0 aliphatic rings. The molecule has 0 aliphatic heterocycles. The van der Waals surface area contributed by atoms with Gasteiger partial charge in [0.05, 0.1) is 11.5 Å². The van der Waals surface area contributed by atoms with Crippen molar-refractivity contribution in [3.8, 4) is 5.75 Å². The van der Waals surface area contributed by atoms with Gasteiger partial charge in [-0.05, 0) is 54.2 Å². The molecule has 0 fully saturated rings. The predicted molar refractivity (Wildman–Crippen MR) is 121 cm³/mol. The molecule has 2 amide bonds. The quantitative estimate of drug-likeness (QED) is 0.288. The summed E-state index contributed by atoms with van der Waals surface area (Å²) in [6.45, 7) is 1.56. The van der Waals surface area contributed by atoms with Gasteiger partial charge in [-0.3, -0.25) is 14.4 Å². The first-order chi connectivity index (χ1) is 14.6. The second-order valence-corrected chi connectivity index (χ2v) is 7.49. The van der Waals surface area contributed by atoms with Gasteiger partial charge >= 0.3 is 0 Å². The highest BCUT2D eigenvalue weighted by molar-refractivity contribution is 8.17. The minimum absolute atomic E-state index is 0.00704. The third kappa shape index (κ3) is 7.20. The molecule has 0 radical (unpaired) electrons. The van der Waals surface area contributed by atoms with Gasteiger partial charge in [-0.25, -0.2) is 0 Å². The molecule has 0 bridgehead atoms. The maximum Gasteiger partial charge on any atom is 0.283 e. The highest BCUT2D eigenvalue weighted by atomic mass is 32.2. The number of fused-ring (bicyclic) bond motifs is 1. The second kappa shape index (κ2) is 12.7. The van der Waals surface area contributed by atoms with Crippen LogP contribution in [0.25, 0.3) is 16.8 Å². The largest absolute Gasteiger partial charge is 0.493 e. The fourth-order valence-corrected chi connectivity index (χ4v) is 3.33. The zero-order chi connectivity index (χ0) is 21.8. The van der Waals surface area contributed by atoms with Crippen LogP contribution in [0.2, 0.25) is 0 Å². The van der Waals surface area contributed by atoms with Crippen molar-refractivity contribution in [2.45, 2.75) is 19.3 Å². The van der Waals surface area contributed by atoms with Crippen molar-refractivity contribution in [2.24, 2.45) is 5.73 Å². The molecule has 2 aromatic carbocycles. The van der Waals surface area contributed by atoms with Gasteiger partial charge in [0, 0.05) is 25.4 Å². The number of thioether (sulfide) groups is 1. The van der Waals surface area contributed by atoms with E-state index in [9.17, 15) is 14.4 Å². The van der Waals surface area contributed by atoms with Crippen LogP contribution < -0.4 is 21.1 Å². The van der Waals surface area contributed by atoms with Crippen molar-refractivity contribution in [3.63, 3.8) is 0 Å². The van der Waals surface area contributed by atoms with E-state index in [0.29, 0.717) is 49.5 Å². The monoisotopic (exact) mass is 429 g/mol. The van der Waals surface area contributed by atoms with E-state index in [1.54, 1.807) is 6.08 Å². The smallest absolute Gasteiger partial charge is 0.283 e. The number of allylic oxidation sites excluding steroid dienone is 1. The number of hydrogen-bond acceptors (Lipinski definition) is 6. The molecule has 0 saturated heterocycles. The van der Waals surface area contributed by atoms with Crippen molar-refractivity contribution < 1.29 is 19.1 Å². The van der Waals surface area contributed by atoms with Crippen molar-refractivity contribution in [2.75, 3.05) is 26.7 Å². The molecule has 4 N–H and O–H groups in total. The first-order valence-electron chi connectivity index (χ1n) is 9.76. The molecule has 0 aromatic heterocycles. The highest BCUT2D eigenvalue weighted by Gasteiger charge is 2.09. The Hall–Kier alpha value is -2.84. The number of rotatable bonds is 11. The lowest BCUT2D eigenvalue weighted by Gasteiger charge is -2.12. The molecular formula is C22H27N3O4S. The summed E-state index contributed by atoms with van der Waals surface area (Å²) in [6, 6.07) is 11.4. The fraction of sp³-hybridized carbons (Fsp3) is 0.318. The Balaban J connectivity index is 2.07. The molecule has 30 heavy (non-hydrogen) atoms. The summed E-state index contributed by atoms with van der Waals surface area (Å²) in [7, 11) is 1.52. The number of hydrogen-bond donors (Lipinski definition) is 3. The van der Waals surface area contributed by atoms with E-state index < -0.39 is 0 Å². The predicted octanol–water partition coefficient (Wildman–Crippen LogP) is 3.08. The topological polar surface area (TPSA) is 111 Å². The van der Waals surface area contributed by atoms with Crippen LogP contribution in [-0.4, -0.2) is 44.2 Å². The van der Waals surface area contributed by atoms with Gasteiger partial charge in [-0.2, -0.15) is 0 Å². The second-order valence-electron chi connectivity index (χ2n) is 6.45. The molecule has 0 saturated carbocycles. The Kier molecular flexibility index (Phi) is 9.90. The molecular weight excluding hydrogens is 402 g/mol. The lowest BCUT2D eigenvalue weighted by atomic mass is 10.0. The van der Waals surface area contributed by atoms with Gasteiger partial charge in [0.15, 0.2) is 6.29 Å². The van der Waals surface area contributed by atoms with Crippen LogP contribution >= 0.6 is 11.8 Å². The molecule has 0 unspecified atom stereocenters.